The van der Waals surface area contributed by atoms with E-state index in [4.69, 9.17) is 5.84 Å². The zero-order valence-corrected chi connectivity index (χ0v) is 8.78. The molecule has 0 aliphatic carbocycles. The van der Waals surface area contributed by atoms with Gasteiger partial charge >= 0.3 is 0 Å². The Kier molecular flexibility index (Phi) is 2.97. The summed E-state index contributed by atoms with van der Waals surface area (Å²) < 4.78 is 1.61. The molecule has 0 spiro atoms. The molecule has 0 amide bonds. The van der Waals surface area contributed by atoms with Crippen LogP contribution in [0.2, 0.25) is 0 Å². The lowest BCUT2D eigenvalue weighted by Crippen LogP contribution is -2.10. The summed E-state index contributed by atoms with van der Waals surface area (Å²) in [5, 5.41) is 14.6. The number of nitro benzene ring substituents is 1. The van der Waals surface area contributed by atoms with Gasteiger partial charge in [-0.2, -0.15) is 5.10 Å². The number of anilines is 1. The number of nitrogens with zero attached hydrogens (tertiary/aromatic N) is 4. The molecule has 2 aromatic rings. The highest BCUT2D eigenvalue weighted by Crippen LogP contribution is 2.24. The third-order valence-electron chi connectivity index (χ3n) is 2.22. The van der Waals surface area contributed by atoms with Crippen molar-refractivity contribution in [3.63, 3.8) is 0 Å². The Balaban J connectivity index is 2.28. The second kappa shape index (κ2) is 4.58. The van der Waals surface area contributed by atoms with Gasteiger partial charge in [0.15, 0.2) is 0 Å². The number of nitro groups is 1. The maximum absolute atomic E-state index is 10.7. The van der Waals surface area contributed by atoms with E-state index in [1.807, 2.05) is 0 Å². The maximum Gasteiger partial charge on any atom is 0.293 e. The van der Waals surface area contributed by atoms with Crippen molar-refractivity contribution in [2.24, 2.45) is 5.84 Å². The average molecular weight is 234 g/mol. The third-order valence-corrected chi connectivity index (χ3v) is 2.22. The standard InChI is InChI=1S/C9H10N6O2/c10-13-8-3-7(1-2-9(8)15(16)17)4-14-6-11-5-12-14/h1-3,5-6,13H,4,10H2. The predicted octanol–water partition coefficient (Wildman–Crippen LogP) is 0.520. The van der Waals surface area contributed by atoms with Gasteiger partial charge in [-0.1, -0.05) is 6.07 Å². The molecule has 3 N–H and O–H groups in total. The second-order valence-corrected chi connectivity index (χ2v) is 3.35. The van der Waals surface area contributed by atoms with E-state index >= 15 is 0 Å². The van der Waals surface area contributed by atoms with Gasteiger partial charge in [0, 0.05) is 6.07 Å². The lowest BCUT2D eigenvalue weighted by molar-refractivity contribution is -0.384. The first-order chi connectivity index (χ1) is 8.20. The minimum atomic E-state index is -0.492. The van der Waals surface area contributed by atoms with Crippen LogP contribution >= 0.6 is 0 Å². The van der Waals surface area contributed by atoms with Gasteiger partial charge in [-0.25, -0.2) is 9.67 Å². The highest BCUT2D eigenvalue weighted by atomic mass is 16.6. The Hall–Kier alpha value is -2.48. The minimum Gasteiger partial charge on any atom is -0.318 e. The van der Waals surface area contributed by atoms with Crippen molar-refractivity contribution >= 4 is 11.4 Å². The van der Waals surface area contributed by atoms with Gasteiger partial charge in [-0.3, -0.25) is 16.0 Å². The van der Waals surface area contributed by atoms with Crippen molar-refractivity contribution < 1.29 is 4.92 Å². The molecule has 1 heterocycles. The lowest BCUT2D eigenvalue weighted by Gasteiger charge is -2.05. The van der Waals surface area contributed by atoms with E-state index in [1.165, 1.54) is 12.4 Å². The van der Waals surface area contributed by atoms with Gasteiger partial charge in [-0.15, -0.1) is 0 Å². The topological polar surface area (TPSA) is 112 Å². The number of nitrogens with one attached hydrogen (secondary N) is 1. The molecule has 0 saturated heterocycles. The predicted molar refractivity (Wildman–Crippen MR) is 60.0 cm³/mol. The summed E-state index contributed by atoms with van der Waals surface area (Å²) in [6, 6.07) is 4.67. The zero-order valence-electron chi connectivity index (χ0n) is 8.78. The highest BCUT2D eigenvalue weighted by Gasteiger charge is 2.13. The number of hydrazine groups is 1. The molecule has 8 nitrogen and oxygen atoms in total. The Bertz CT molecular complexity index is 524. The first kappa shape index (κ1) is 11.0. The molecule has 0 aliphatic rings. The Labute approximate surface area is 96.2 Å². The number of hydrogen-bond acceptors (Lipinski definition) is 6. The first-order valence-corrected chi connectivity index (χ1v) is 4.77. The van der Waals surface area contributed by atoms with E-state index in [9.17, 15) is 10.1 Å². The molecule has 0 saturated carbocycles. The van der Waals surface area contributed by atoms with Crippen LogP contribution in [0.4, 0.5) is 11.4 Å². The summed E-state index contributed by atoms with van der Waals surface area (Å²) in [6.45, 7) is 0.479. The molecule has 0 radical (unpaired) electrons. The molecule has 88 valence electrons. The minimum absolute atomic E-state index is 0.0603. The lowest BCUT2D eigenvalue weighted by atomic mass is 10.2. The van der Waals surface area contributed by atoms with Crippen LogP contribution in [0.15, 0.2) is 30.9 Å². The van der Waals surface area contributed by atoms with Crippen LogP contribution in [0, 0.1) is 10.1 Å². The van der Waals surface area contributed by atoms with Crippen molar-refractivity contribution in [3.05, 3.63) is 46.5 Å². The van der Waals surface area contributed by atoms with Crippen LogP contribution in [-0.4, -0.2) is 19.7 Å². The van der Waals surface area contributed by atoms with Crippen LogP contribution in [0.1, 0.15) is 5.56 Å². The van der Waals surface area contributed by atoms with E-state index in [2.05, 4.69) is 15.5 Å². The van der Waals surface area contributed by atoms with Crippen molar-refractivity contribution in [1.82, 2.24) is 14.8 Å². The Morgan fingerprint density at radius 2 is 2.35 bits per heavy atom. The van der Waals surface area contributed by atoms with Crippen LogP contribution in [-0.2, 0) is 6.54 Å². The quantitative estimate of drug-likeness (QED) is 0.453. The van der Waals surface area contributed by atoms with E-state index in [0.717, 1.165) is 5.56 Å². The maximum atomic E-state index is 10.7. The normalized spacial score (nSPS) is 10.2. The van der Waals surface area contributed by atoms with E-state index in [0.29, 0.717) is 6.54 Å². The number of hydrogen-bond donors (Lipinski definition) is 2. The molecular weight excluding hydrogens is 224 g/mol. The fourth-order valence-corrected chi connectivity index (χ4v) is 1.46. The Morgan fingerprint density at radius 1 is 1.53 bits per heavy atom. The van der Waals surface area contributed by atoms with Crippen LogP contribution in [0.3, 0.4) is 0 Å². The highest BCUT2D eigenvalue weighted by molar-refractivity contribution is 5.62. The summed E-state index contributed by atoms with van der Waals surface area (Å²) in [7, 11) is 0. The fraction of sp³-hybridized carbons (Fsp3) is 0.111. The third kappa shape index (κ3) is 2.37. The summed E-state index contributed by atoms with van der Waals surface area (Å²) in [5.41, 5.74) is 3.36. The number of aromatic nitrogens is 3. The van der Waals surface area contributed by atoms with Crippen LogP contribution in [0.25, 0.3) is 0 Å². The SMILES string of the molecule is NNc1cc(Cn2cncn2)ccc1[N+](=O)[O-]. The monoisotopic (exact) mass is 234 g/mol. The van der Waals surface area contributed by atoms with E-state index in [-0.39, 0.29) is 11.4 Å². The smallest absolute Gasteiger partial charge is 0.293 e. The number of nitrogens with two attached hydrogens (primary N) is 1. The number of nitrogen functional groups attached to an aromatic ring is 1. The molecule has 8 heteroatoms. The van der Waals surface area contributed by atoms with Gasteiger partial charge in [0.05, 0.1) is 11.5 Å². The summed E-state index contributed by atoms with van der Waals surface area (Å²) in [4.78, 5) is 14.0. The molecule has 0 bridgehead atoms. The molecular formula is C9H10N6O2. The van der Waals surface area contributed by atoms with Gasteiger partial charge in [0.1, 0.15) is 18.3 Å². The van der Waals surface area contributed by atoms with Crippen molar-refractivity contribution in [2.75, 3.05) is 5.43 Å². The average Bonchev–Trinajstić information content (AvgIpc) is 2.81. The summed E-state index contributed by atoms with van der Waals surface area (Å²) in [6.07, 6.45) is 2.99. The second-order valence-electron chi connectivity index (χ2n) is 3.35. The Morgan fingerprint density at radius 3 is 2.94 bits per heavy atom. The number of benzene rings is 1. The molecule has 2 rings (SSSR count). The number of rotatable bonds is 4. The fourth-order valence-electron chi connectivity index (χ4n) is 1.46. The summed E-state index contributed by atoms with van der Waals surface area (Å²) >= 11 is 0. The molecule has 1 aromatic carbocycles. The molecule has 17 heavy (non-hydrogen) atoms. The van der Waals surface area contributed by atoms with E-state index in [1.54, 1.807) is 23.1 Å². The molecule has 0 fully saturated rings. The van der Waals surface area contributed by atoms with Crippen molar-refractivity contribution in [1.29, 1.82) is 0 Å². The molecule has 0 aliphatic heterocycles. The summed E-state index contributed by atoms with van der Waals surface area (Å²) in [5.74, 6) is 5.24. The van der Waals surface area contributed by atoms with Crippen molar-refractivity contribution in [2.45, 2.75) is 6.54 Å². The molecule has 0 atom stereocenters. The van der Waals surface area contributed by atoms with Gasteiger partial charge in [0.2, 0.25) is 0 Å². The van der Waals surface area contributed by atoms with Crippen molar-refractivity contribution in [3.8, 4) is 0 Å². The first-order valence-electron chi connectivity index (χ1n) is 4.77. The van der Waals surface area contributed by atoms with E-state index < -0.39 is 4.92 Å². The van der Waals surface area contributed by atoms with Gasteiger partial charge < -0.3 is 5.43 Å². The largest absolute Gasteiger partial charge is 0.318 e. The molecule has 1 aromatic heterocycles. The van der Waals surface area contributed by atoms with Gasteiger partial charge in [0.25, 0.3) is 5.69 Å². The zero-order chi connectivity index (χ0) is 12.3. The van der Waals surface area contributed by atoms with Gasteiger partial charge in [-0.05, 0) is 11.6 Å². The van der Waals surface area contributed by atoms with Crippen LogP contribution < -0.4 is 11.3 Å². The van der Waals surface area contributed by atoms with Crippen LogP contribution in [0.5, 0.6) is 0 Å². The molecule has 0 unspecified atom stereocenters.